The van der Waals surface area contributed by atoms with E-state index < -0.39 is 5.82 Å². The molecule has 0 amide bonds. The predicted molar refractivity (Wildman–Crippen MR) is 171 cm³/mol. The van der Waals surface area contributed by atoms with E-state index in [0.29, 0.717) is 35.5 Å². The van der Waals surface area contributed by atoms with Gasteiger partial charge >= 0.3 is 6.01 Å². The lowest BCUT2D eigenvalue weighted by molar-refractivity contribution is 0.106. The quantitative estimate of drug-likeness (QED) is 0.284. The molecule has 4 aliphatic rings. The maximum absolute atomic E-state index is 16.9. The van der Waals surface area contributed by atoms with Crippen LogP contribution in [0.5, 0.6) is 11.8 Å². The lowest BCUT2D eigenvalue weighted by atomic mass is 9.87. The molecular formula is C35H41FN6O2. The molecule has 4 heterocycles. The molecule has 44 heavy (non-hydrogen) atoms. The Morgan fingerprint density at radius 3 is 2.64 bits per heavy atom. The summed E-state index contributed by atoms with van der Waals surface area (Å²) in [4.78, 5) is 18.9. The van der Waals surface area contributed by atoms with Gasteiger partial charge in [-0.3, -0.25) is 4.98 Å². The molecule has 3 fully saturated rings. The van der Waals surface area contributed by atoms with E-state index >= 15 is 4.39 Å². The SMILES string of the molecule is CN(C)CC1(COc2nc(N3CC4CCC(C3)N4)c3cnc(-c4cc(O)cc5ccc6c(c45)CCC6)c(F)c3n2)CCCC1. The van der Waals surface area contributed by atoms with Crippen LogP contribution in [-0.2, 0) is 12.8 Å². The minimum atomic E-state index is -0.500. The second-order valence-electron chi connectivity index (χ2n) is 13.9. The Morgan fingerprint density at radius 1 is 1.07 bits per heavy atom. The van der Waals surface area contributed by atoms with Crippen molar-refractivity contribution in [1.82, 2.24) is 25.2 Å². The first-order valence-electron chi connectivity index (χ1n) is 16.3. The van der Waals surface area contributed by atoms with Crippen molar-refractivity contribution < 1.29 is 14.2 Å². The predicted octanol–water partition coefficient (Wildman–Crippen LogP) is 5.62. The maximum Gasteiger partial charge on any atom is 0.319 e. The molecule has 2 unspecified atom stereocenters. The second-order valence-corrected chi connectivity index (χ2v) is 13.9. The normalized spacial score (nSPS) is 22.4. The highest BCUT2D eigenvalue weighted by Gasteiger charge is 2.37. The number of halogens is 1. The van der Waals surface area contributed by atoms with Crippen LogP contribution in [0.4, 0.5) is 10.2 Å². The average Bonchev–Trinajstić information content (AvgIpc) is 3.75. The van der Waals surface area contributed by atoms with E-state index in [2.05, 4.69) is 35.3 Å². The minimum absolute atomic E-state index is 0.0406. The number of ether oxygens (including phenoxy) is 1. The van der Waals surface area contributed by atoms with Crippen molar-refractivity contribution in [2.45, 2.75) is 69.9 Å². The number of nitrogens with one attached hydrogen (secondary N) is 1. The molecule has 230 valence electrons. The fourth-order valence-corrected chi connectivity index (χ4v) is 8.58. The zero-order valence-corrected chi connectivity index (χ0v) is 25.7. The van der Waals surface area contributed by atoms with Crippen LogP contribution < -0.4 is 15.0 Å². The first-order valence-corrected chi connectivity index (χ1v) is 16.3. The number of nitrogens with zero attached hydrogens (tertiary/aromatic N) is 5. The largest absolute Gasteiger partial charge is 0.508 e. The van der Waals surface area contributed by atoms with Gasteiger partial charge in [-0.25, -0.2) is 4.39 Å². The molecule has 2 aromatic heterocycles. The smallest absolute Gasteiger partial charge is 0.319 e. The number of piperazine rings is 1. The Balaban J connectivity index is 1.26. The Bertz CT molecular complexity index is 1740. The van der Waals surface area contributed by atoms with Gasteiger partial charge < -0.3 is 25.0 Å². The van der Waals surface area contributed by atoms with E-state index in [1.807, 2.05) is 6.07 Å². The van der Waals surface area contributed by atoms with E-state index in [0.717, 1.165) is 75.4 Å². The van der Waals surface area contributed by atoms with Crippen molar-refractivity contribution in [3.63, 3.8) is 0 Å². The van der Waals surface area contributed by atoms with Gasteiger partial charge in [-0.1, -0.05) is 25.0 Å². The topological polar surface area (TPSA) is 86.6 Å². The first-order chi connectivity index (χ1) is 21.4. The zero-order valence-electron chi connectivity index (χ0n) is 25.7. The summed E-state index contributed by atoms with van der Waals surface area (Å²) in [6, 6.07) is 8.57. The Kier molecular flexibility index (Phi) is 6.86. The summed E-state index contributed by atoms with van der Waals surface area (Å²) in [5.41, 5.74) is 3.59. The zero-order chi connectivity index (χ0) is 30.0. The summed E-state index contributed by atoms with van der Waals surface area (Å²) in [5, 5.41) is 16.8. The maximum atomic E-state index is 16.9. The third-order valence-corrected chi connectivity index (χ3v) is 10.4. The summed E-state index contributed by atoms with van der Waals surface area (Å²) in [6.45, 7) is 3.05. The van der Waals surface area contributed by atoms with Gasteiger partial charge in [0.05, 0.1) is 12.0 Å². The first kappa shape index (κ1) is 28.0. The van der Waals surface area contributed by atoms with Crippen molar-refractivity contribution in [2.24, 2.45) is 5.41 Å². The Morgan fingerprint density at radius 2 is 1.86 bits per heavy atom. The number of hydrogen-bond acceptors (Lipinski definition) is 8. The van der Waals surface area contributed by atoms with Crippen molar-refractivity contribution in [3.05, 3.63) is 47.4 Å². The van der Waals surface area contributed by atoms with E-state index in [-0.39, 0.29) is 28.4 Å². The number of rotatable bonds is 7. The number of anilines is 1. The Hall–Kier alpha value is -3.56. The number of phenolic OH excluding ortho intramolecular Hbond substituents is 1. The molecule has 2 bridgehead atoms. The summed E-state index contributed by atoms with van der Waals surface area (Å²) < 4.78 is 23.4. The van der Waals surface area contributed by atoms with E-state index in [4.69, 9.17) is 19.7 Å². The van der Waals surface area contributed by atoms with Crippen LogP contribution in [0.2, 0.25) is 0 Å². The lowest BCUT2D eigenvalue weighted by Crippen LogP contribution is -2.51. The van der Waals surface area contributed by atoms with Gasteiger partial charge in [0.1, 0.15) is 22.8 Å². The molecule has 8 rings (SSSR count). The van der Waals surface area contributed by atoms with Gasteiger partial charge in [0.25, 0.3) is 0 Å². The van der Waals surface area contributed by atoms with Gasteiger partial charge in [-0.05, 0) is 93.1 Å². The number of fused-ring (bicyclic) bond motifs is 6. The molecule has 2 aromatic carbocycles. The molecule has 2 aliphatic heterocycles. The molecule has 8 nitrogen and oxygen atoms in total. The van der Waals surface area contributed by atoms with Crippen LogP contribution in [0.25, 0.3) is 32.9 Å². The van der Waals surface area contributed by atoms with Gasteiger partial charge in [-0.15, -0.1) is 0 Å². The Labute approximate surface area is 257 Å². The summed E-state index contributed by atoms with van der Waals surface area (Å²) in [6.07, 6.45) is 11.6. The van der Waals surface area contributed by atoms with Gasteiger partial charge in [0.2, 0.25) is 0 Å². The molecule has 0 spiro atoms. The molecule has 2 saturated heterocycles. The van der Waals surface area contributed by atoms with Crippen molar-refractivity contribution in [3.8, 4) is 23.0 Å². The summed E-state index contributed by atoms with van der Waals surface area (Å²) in [7, 11) is 4.21. The van der Waals surface area contributed by atoms with Crippen LogP contribution >= 0.6 is 0 Å². The summed E-state index contributed by atoms with van der Waals surface area (Å²) >= 11 is 0. The highest BCUT2D eigenvalue weighted by molar-refractivity contribution is 6.02. The minimum Gasteiger partial charge on any atom is -0.508 e. The number of pyridine rings is 1. The van der Waals surface area contributed by atoms with Crippen molar-refractivity contribution in [2.75, 3.05) is 45.2 Å². The van der Waals surface area contributed by atoms with Crippen LogP contribution in [-0.4, -0.2) is 77.4 Å². The molecule has 2 aliphatic carbocycles. The third kappa shape index (κ3) is 4.85. The highest BCUT2D eigenvalue weighted by Crippen LogP contribution is 2.42. The monoisotopic (exact) mass is 596 g/mol. The van der Waals surface area contributed by atoms with Gasteiger partial charge in [-0.2, -0.15) is 9.97 Å². The van der Waals surface area contributed by atoms with E-state index in [9.17, 15) is 5.11 Å². The lowest BCUT2D eigenvalue weighted by Gasteiger charge is -2.34. The van der Waals surface area contributed by atoms with Crippen molar-refractivity contribution >= 4 is 27.5 Å². The third-order valence-electron chi connectivity index (χ3n) is 10.4. The number of aromatic hydroxyl groups is 1. The van der Waals surface area contributed by atoms with Crippen LogP contribution in [0.15, 0.2) is 30.5 Å². The number of aryl methyl sites for hydroxylation is 2. The molecule has 9 heteroatoms. The standard InChI is InChI=1S/C35H41FN6O2/c1-41(2)19-35(12-3-4-13-35)20-44-34-39-32-28(33(40-34)42-17-23-10-11-24(18-42)38-23)16-37-31(30(32)36)27-15-25(43)14-22-9-8-21-6-5-7-26(21)29(22)27/h8-9,14-16,23-24,38,43H,3-7,10-13,17-20H2,1-2H3. The van der Waals surface area contributed by atoms with Crippen molar-refractivity contribution in [1.29, 1.82) is 0 Å². The highest BCUT2D eigenvalue weighted by atomic mass is 19.1. The summed E-state index contributed by atoms with van der Waals surface area (Å²) in [5.74, 6) is 0.287. The molecule has 2 N–H and O–H groups in total. The van der Waals surface area contributed by atoms with Gasteiger partial charge in [0.15, 0.2) is 5.82 Å². The number of benzene rings is 2. The van der Waals surface area contributed by atoms with E-state index in [1.54, 1.807) is 18.3 Å². The molecule has 4 aromatic rings. The fraction of sp³-hybridized carbons (Fsp3) is 0.514. The van der Waals surface area contributed by atoms with Gasteiger partial charge in [0, 0.05) is 48.9 Å². The molecular weight excluding hydrogens is 555 g/mol. The van der Waals surface area contributed by atoms with Crippen LogP contribution in [0.1, 0.15) is 56.1 Å². The van der Waals surface area contributed by atoms with E-state index in [1.165, 1.54) is 24.0 Å². The average molecular weight is 597 g/mol. The second kappa shape index (κ2) is 10.8. The van der Waals surface area contributed by atoms with Crippen LogP contribution in [0.3, 0.4) is 0 Å². The fourth-order valence-electron chi connectivity index (χ4n) is 8.58. The molecule has 2 atom stereocenters. The number of hydrogen-bond donors (Lipinski definition) is 2. The number of aromatic nitrogens is 3. The molecule has 0 radical (unpaired) electrons. The van der Waals surface area contributed by atoms with Crippen LogP contribution in [0, 0.1) is 11.2 Å². The molecule has 1 saturated carbocycles. The number of phenols is 1.